The van der Waals surface area contributed by atoms with E-state index in [0.29, 0.717) is 6.61 Å². The average molecular weight is 508 g/mol. The monoisotopic (exact) mass is 508 g/mol. The number of nitrogens with one attached hydrogen (secondary N) is 2. The number of ether oxygens (including phenoxy) is 1. The molecule has 0 atom stereocenters. The Labute approximate surface area is 186 Å². The lowest BCUT2D eigenvalue weighted by Crippen LogP contribution is -2.44. The molecular formula is C22H29IN4O2. The van der Waals surface area contributed by atoms with Gasteiger partial charge < -0.3 is 19.9 Å². The number of rotatable bonds is 7. The van der Waals surface area contributed by atoms with E-state index in [0.717, 1.165) is 54.1 Å². The molecule has 3 rings (SSSR count). The normalized spacial score (nSPS) is 14.5. The molecule has 0 unspecified atom stereocenters. The molecule has 6 nitrogen and oxygen atoms in total. The first-order chi connectivity index (χ1) is 14.0. The maximum absolute atomic E-state index is 11.7. The molecule has 1 amide bonds. The van der Waals surface area contributed by atoms with Gasteiger partial charge in [-0.1, -0.05) is 19.1 Å². The number of piperazine rings is 1. The Morgan fingerprint density at radius 2 is 1.83 bits per heavy atom. The summed E-state index contributed by atoms with van der Waals surface area (Å²) in [7, 11) is 2.17. The summed E-state index contributed by atoms with van der Waals surface area (Å²) in [6.07, 6.45) is 0.398. The second kappa shape index (κ2) is 10.7. The lowest BCUT2D eigenvalue weighted by atomic mass is 10.1. The van der Waals surface area contributed by atoms with Gasteiger partial charge in [-0.15, -0.1) is 0 Å². The van der Waals surface area contributed by atoms with Crippen molar-refractivity contribution >= 4 is 45.7 Å². The fourth-order valence-electron chi connectivity index (χ4n) is 3.16. The highest BCUT2D eigenvalue weighted by Crippen LogP contribution is 2.23. The zero-order valence-corrected chi connectivity index (χ0v) is 19.2. The second-order valence-electron chi connectivity index (χ2n) is 7.27. The molecule has 0 bridgehead atoms. The number of amides is 1. The van der Waals surface area contributed by atoms with Crippen LogP contribution in [0.15, 0.2) is 42.5 Å². The SMILES string of the molecule is CCCOC(=O)Nc1ccc(NCc2ccc(N3CCN(C)CC3)cc2)cc1I. The number of hydrogen-bond acceptors (Lipinski definition) is 5. The highest BCUT2D eigenvalue weighted by atomic mass is 127. The smallest absolute Gasteiger partial charge is 0.411 e. The molecule has 0 aromatic heterocycles. The van der Waals surface area contributed by atoms with Gasteiger partial charge in [-0.05, 0) is 72.0 Å². The van der Waals surface area contributed by atoms with E-state index in [1.807, 2.05) is 25.1 Å². The molecule has 1 saturated heterocycles. The van der Waals surface area contributed by atoms with Crippen LogP contribution < -0.4 is 15.5 Å². The maximum atomic E-state index is 11.7. The molecular weight excluding hydrogens is 479 g/mol. The second-order valence-corrected chi connectivity index (χ2v) is 8.43. The van der Waals surface area contributed by atoms with Crippen molar-refractivity contribution in [2.24, 2.45) is 0 Å². The molecule has 0 radical (unpaired) electrons. The van der Waals surface area contributed by atoms with Gasteiger partial charge in [-0.3, -0.25) is 5.32 Å². The molecule has 2 aromatic carbocycles. The molecule has 2 aromatic rings. The number of carbonyl (C=O) groups excluding carboxylic acids is 1. The van der Waals surface area contributed by atoms with Crippen molar-refractivity contribution in [1.82, 2.24) is 4.90 Å². The fourth-order valence-corrected chi connectivity index (χ4v) is 3.81. The van der Waals surface area contributed by atoms with Crippen LogP contribution in [0, 0.1) is 3.57 Å². The minimum atomic E-state index is -0.411. The number of benzene rings is 2. The maximum Gasteiger partial charge on any atom is 0.411 e. The molecule has 0 saturated carbocycles. The van der Waals surface area contributed by atoms with Crippen LogP contribution >= 0.6 is 22.6 Å². The number of nitrogens with zero attached hydrogens (tertiary/aromatic N) is 2. The van der Waals surface area contributed by atoms with Crippen molar-refractivity contribution < 1.29 is 9.53 Å². The highest BCUT2D eigenvalue weighted by Gasteiger charge is 2.14. The Hall–Kier alpha value is -2.00. The molecule has 1 fully saturated rings. The number of anilines is 3. The van der Waals surface area contributed by atoms with Crippen molar-refractivity contribution in [3.8, 4) is 0 Å². The summed E-state index contributed by atoms with van der Waals surface area (Å²) < 4.78 is 6.03. The van der Waals surface area contributed by atoms with Gasteiger partial charge in [0.2, 0.25) is 0 Å². The van der Waals surface area contributed by atoms with Crippen molar-refractivity contribution in [3.63, 3.8) is 0 Å². The summed E-state index contributed by atoms with van der Waals surface area (Å²) in [5.74, 6) is 0. The van der Waals surface area contributed by atoms with Crippen LogP contribution in [0.25, 0.3) is 0 Å². The zero-order valence-electron chi connectivity index (χ0n) is 17.1. The molecule has 1 aliphatic rings. The van der Waals surface area contributed by atoms with E-state index in [1.165, 1.54) is 11.3 Å². The highest BCUT2D eigenvalue weighted by molar-refractivity contribution is 14.1. The van der Waals surface area contributed by atoms with Crippen molar-refractivity contribution in [1.29, 1.82) is 0 Å². The number of likely N-dealkylation sites (N-methyl/N-ethyl adjacent to an activating group) is 1. The van der Waals surface area contributed by atoms with E-state index in [4.69, 9.17) is 4.74 Å². The van der Waals surface area contributed by atoms with Gasteiger partial charge in [0.1, 0.15) is 0 Å². The first kappa shape index (κ1) is 21.7. The van der Waals surface area contributed by atoms with Gasteiger partial charge >= 0.3 is 6.09 Å². The molecule has 7 heteroatoms. The van der Waals surface area contributed by atoms with E-state index in [9.17, 15) is 4.79 Å². The number of carbonyl (C=O) groups is 1. The number of hydrogen-bond donors (Lipinski definition) is 2. The van der Waals surface area contributed by atoms with Crippen molar-refractivity contribution in [2.45, 2.75) is 19.9 Å². The van der Waals surface area contributed by atoms with Crippen LogP contribution in [0.4, 0.5) is 21.9 Å². The van der Waals surface area contributed by atoms with Crippen LogP contribution in [-0.2, 0) is 11.3 Å². The summed E-state index contributed by atoms with van der Waals surface area (Å²) in [5, 5.41) is 6.23. The van der Waals surface area contributed by atoms with Gasteiger partial charge in [-0.25, -0.2) is 4.79 Å². The predicted octanol–water partition coefficient (Wildman–Crippen LogP) is 4.61. The van der Waals surface area contributed by atoms with E-state index in [2.05, 4.69) is 74.3 Å². The predicted molar refractivity (Wildman–Crippen MR) is 128 cm³/mol. The Kier molecular flexibility index (Phi) is 8.00. The summed E-state index contributed by atoms with van der Waals surface area (Å²) in [5.41, 5.74) is 4.31. The lowest BCUT2D eigenvalue weighted by Gasteiger charge is -2.34. The van der Waals surface area contributed by atoms with Gasteiger partial charge in [0.05, 0.1) is 12.3 Å². The van der Waals surface area contributed by atoms with Crippen molar-refractivity contribution in [3.05, 3.63) is 51.6 Å². The van der Waals surface area contributed by atoms with E-state index < -0.39 is 6.09 Å². The quantitative estimate of drug-likeness (QED) is 0.535. The lowest BCUT2D eigenvalue weighted by molar-refractivity contribution is 0.161. The summed E-state index contributed by atoms with van der Waals surface area (Å²) in [4.78, 5) is 16.5. The molecule has 2 N–H and O–H groups in total. The molecule has 1 aliphatic heterocycles. The molecule has 29 heavy (non-hydrogen) atoms. The number of halogens is 1. The summed E-state index contributed by atoms with van der Waals surface area (Å²) >= 11 is 2.22. The summed E-state index contributed by atoms with van der Waals surface area (Å²) in [6.45, 7) is 7.54. The Morgan fingerprint density at radius 1 is 1.10 bits per heavy atom. The third-order valence-corrected chi connectivity index (χ3v) is 5.84. The molecule has 0 aliphatic carbocycles. The van der Waals surface area contributed by atoms with E-state index in [-0.39, 0.29) is 0 Å². The summed E-state index contributed by atoms with van der Waals surface area (Å²) in [6, 6.07) is 14.7. The van der Waals surface area contributed by atoms with Crippen LogP contribution in [0.3, 0.4) is 0 Å². The Bertz CT molecular complexity index is 805. The first-order valence-electron chi connectivity index (χ1n) is 10.0. The molecule has 1 heterocycles. The van der Waals surface area contributed by atoms with Gasteiger partial charge in [0.15, 0.2) is 0 Å². The molecule has 156 valence electrons. The molecule has 0 spiro atoms. The van der Waals surface area contributed by atoms with Gasteiger partial charge in [-0.2, -0.15) is 0 Å². The van der Waals surface area contributed by atoms with Crippen LogP contribution in [-0.4, -0.2) is 50.8 Å². The van der Waals surface area contributed by atoms with Crippen LogP contribution in [0.5, 0.6) is 0 Å². The van der Waals surface area contributed by atoms with Crippen molar-refractivity contribution in [2.75, 3.05) is 55.4 Å². The minimum absolute atomic E-state index is 0.411. The van der Waals surface area contributed by atoms with Crippen LogP contribution in [0.1, 0.15) is 18.9 Å². The first-order valence-corrected chi connectivity index (χ1v) is 11.1. The van der Waals surface area contributed by atoms with E-state index in [1.54, 1.807) is 0 Å². The van der Waals surface area contributed by atoms with E-state index >= 15 is 0 Å². The minimum Gasteiger partial charge on any atom is -0.449 e. The Morgan fingerprint density at radius 3 is 2.48 bits per heavy atom. The Balaban J connectivity index is 1.52. The fraction of sp³-hybridized carbons (Fsp3) is 0.409. The topological polar surface area (TPSA) is 56.8 Å². The van der Waals surface area contributed by atoms with Gasteiger partial charge in [0.25, 0.3) is 0 Å². The largest absolute Gasteiger partial charge is 0.449 e. The standard InChI is InChI=1S/C22H29IN4O2/c1-3-14-29-22(28)25-21-9-6-18(15-20(21)23)24-16-17-4-7-19(8-5-17)27-12-10-26(2)11-13-27/h4-9,15,24H,3,10-14,16H2,1-2H3,(H,25,28). The average Bonchev–Trinajstić information content (AvgIpc) is 2.73. The third kappa shape index (κ3) is 6.50. The third-order valence-electron chi connectivity index (χ3n) is 4.94. The van der Waals surface area contributed by atoms with Crippen LogP contribution in [0.2, 0.25) is 0 Å². The van der Waals surface area contributed by atoms with Gasteiger partial charge in [0, 0.05) is 47.7 Å². The zero-order chi connectivity index (χ0) is 20.6.